The van der Waals surface area contributed by atoms with Crippen LogP contribution in [0.25, 0.3) is 0 Å². The van der Waals surface area contributed by atoms with Gasteiger partial charge in [-0.2, -0.15) is 0 Å². The van der Waals surface area contributed by atoms with E-state index in [0.717, 1.165) is 31.1 Å². The number of likely N-dealkylation sites (tertiary alicyclic amines) is 1. The highest BCUT2D eigenvalue weighted by molar-refractivity contribution is 5.34. The van der Waals surface area contributed by atoms with E-state index in [4.69, 9.17) is 5.11 Å². The molecule has 2 nitrogen and oxygen atoms in total. The second-order valence-corrected chi connectivity index (χ2v) is 12.6. The highest BCUT2D eigenvalue weighted by atomic mass is 16.2. The van der Waals surface area contributed by atoms with Crippen molar-refractivity contribution in [2.24, 2.45) is 17.8 Å². The summed E-state index contributed by atoms with van der Waals surface area (Å²) in [5.74, 6) is 2.49. The Morgan fingerprint density at radius 2 is 1.61 bits per heavy atom. The summed E-state index contributed by atoms with van der Waals surface area (Å²) in [7, 11) is 0. The van der Waals surface area contributed by atoms with E-state index in [2.05, 4.69) is 83.9 Å². The Morgan fingerprint density at radius 3 is 2.24 bits per heavy atom. The van der Waals surface area contributed by atoms with Gasteiger partial charge in [-0.1, -0.05) is 122 Å². The van der Waals surface area contributed by atoms with Crippen LogP contribution in [0.5, 0.6) is 0 Å². The number of benzene rings is 1. The minimum Gasteiger partial charge on any atom is -0.396 e. The van der Waals surface area contributed by atoms with Crippen molar-refractivity contribution in [3.05, 3.63) is 59.7 Å². The molecule has 1 aromatic carbocycles. The molecule has 238 valence electrons. The molecule has 1 aliphatic rings. The van der Waals surface area contributed by atoms with Crippen LogP contribution in [0.3, 0.4) is 0 Å². The minimum atomic E-state index is 0.321. The fourth-order valence-electron chi connectivity index (χ4n) is 6.03. The van der Waals surface area contributed by atoms with Gasteiger partial charge in [0.1, 0.15) is 0 Å². The van der Waals surface area contributed by atoms with Crippen molar-refractivity contribution in [3.63, 3.8) is 0 Å². The highest BCUT2D eigenvalue weighted by Gasteiger charge is 2.31. The molecule has 1 saturated heterocycles. The molecule has 0 aliphatic carbocycles. The molecule has 41 heavy (non-hydrogen) atoms. The normalized spacial score (nSPS) is 15.4. The minimum absolute atomic E-state index is 0.321. The van der Waals surface area contributed by atoms with Crippen LogP contribution in [0.2, 0.25) is 0 Å². The Morgan fingerprint density at radius 1 is 0.951 bits per heavy atom. The van der Waals surface area contributed by atoms with Gasteiger partial charge >= 0.3 is 0 Å². The van der Waals surface area contributed by atoms with Gasteiger partial charge in [-0.15, -0.1) is 13.2 Å². The number of allylic oxidation sites excluding steroid dienone is 2. The van der Waals surface area contributed by atoms with Crippen molar-refractivity contribution < 1.29 is 5.11 Å². The smallest absolute Gasteiger partial charge is 0.0431 e. The third kappa shape index (κ3) is 16.7. The van der Waals surface area contributed by atoms with Crippen molar-refractivity contribution in [2.75, 3.05) is 19.7 Å². The summed E-state index contributed by atoms with van der Waals surface area (Å²) in [5, 5.41) is 9.07. The van der Waals surface area contributed by atoms with Crippen LogP contribution < -0.4 is 0 Å². The van der Waals surface area contributed by atoms with E-state index in [1.165, 1.54) is 100 Å². The number of aryl methyl sites for hydroxylation is 2. The van der Waals surface area contributed by atoms with Gasteiger partial charge in [0.25, 0.3) is 0 Å². The monoisotopic (exact) mass is 570 g/mol. The molecule has 0 amide bonds. The number of aliphatic hydroxyl groups is 1. The van der Waals surface area contributed by atoms with Crippen LogP contribution in [-0.2, 0) is 6.42 Å². The zero-order valence-electron chi connectivity index (χ0n) is 28.9. The molecule has 1 heterocycles. The second kappa shape index (κ2) is 25.1. The number of unbranched alkanes of at least 4 members (excludes halogenated alkanes) is 6. The lowest BCUT2D eigenvalue weighted by molar-refractivity contribution is 0.0530. The van der Waals surface area contributed by atoms with E-state index in [-0.39, 0.29) is 0 Å². The molecule has 1 aliphatic heterocycles. The SMILES string of the molecule is C=C.CC.CCC/C=C(/CCC(C)CCCCCCC1CN(C(C)c2cc(C)ccc2CCCCCO)C1)C(C)C. The number of rotatable bonds is 20. The number of hydrogen-bond acceptors (Lipinski definition) is 2. The first-order chi connectivity index (χ1) is 19.8. The zero-order chi connectivity index (χ0) is 31.0. The first-order valence-corrected chi connectivity index (χ1v) is 17.5. The van der Waals surface area contributed by atoms with E-state index in [9.17, 15) is 0 Å². The molecule has 0 radical (unpaired) electrons. The molecule has 1 N–H and O–H groups in total. The maximum Gasteiger partial charge on any atom is 0.0431 e. The standard InChI is InChI=1S/C35H61NO.C2H6.C2H4/c1-7-8-18-33(28(2)3)22-20-29(4)16-12-9-10-13-17-32-26-36(27-32)31(6)35-25-30(5)21-23-34(35)19-14-11-15-24-37;2*1-2/h18,21,23,25,28-29,31-32,37H,7-17,19-20,22,24,26-27H2,1-6H3;1-2H3;1-2H2/b33-18-;;. The Bertz CT molecular complexity index is 776. The molecule has 2 atom stereocenters. The fourth-order valence-corrected chi connectivity index (χ4v) is 6.03. The van der Waals surface area contributed by atoms with Crippen LogP contribution in [0.15, 0.2) is 43.0 Å². The van der Waals surface area contributed by atoms with E-state index < -0.39 is 0 Å². The number of nitrogens with zero attached hydrogens (tertiary/aromatic N) is 1. The van der Waals surface area contributed by atoms with Gasteiger partial charge in [0, 0.05) is 25.7 Å². The lowest BCUT2D eigenvalue weighted by Gasteiger charge is -2.44. The quantitative estimate of drug-likeness (QED) is 0.125. The molecule has 2 unspecified atom stereocenters. The third-order valence-electron chi connectivity index (χ3n) is 8.81. The summed E-state index contributed by atoms with van der Waals surface area (Å²) < 4.78 is 0. The first kappa shape index (κ1) is 39.6. The van der Waals surface area contributed by atoms with Crippen LogP contribution >= 0.6 is 0 Å². The second-order valence-electron chi connectivity index (χ2n) is 12.6. The molecule has 0 bridgehead atoms. The molecule has 0 aromatic heterocycles. The van der Waals surface area contributed by atoms with Crippen LogP contribution in [0.4, 0.5) is 0 Å². The lowest BCUT2D eigenvalue weighted by atomic mass is 9.88. The van der Waals surface area contributed by atoms with Gasteiger partial charge in [-0.25, -0.2) is 0 Å². The lowest BCUT2D eigenvalue weighted by Crippen LogP contribution is -2.47. The molecule has 1 fully saturated rings. The van der Waals surface area contributed by atoms with Gasteiger partial charge in [-0.05, 0) is 87.7 Å². The fraction of sp³-hybridized carbons (Fsp3) is 0.744. The summed E-state index contributed by atoms with van der Waals surface area (Å²) >= 11 is 0. The Balaban J connectivity index is 0.00000382. The third-order valence-corrected chi connectivity index (χ3v) is 8.81. The topological polar surface area (TPSA) is 23.5 Å². The van der Waals surface area contributed by atoms with E-state index in [1.54, 1.807) is 5.57 Å². The van der Waals surface area contributed by atoms with Gasteiger partial charge < -0.3 is 5.11 Å². The Kier molecular flexibility index (Phi) is 24.3. The van der Waals surface area contributed by atoms with Crippen molar-refractivity contribution in [3.8, 4) is 0 Å². The molecular weight excluding hydrogens is 498 g/mol. The first-order valence-electron chi connectivity index (χ1n) is 17.5. The Hall–Kier alpha value is -1.38. The highest BCUT2D eigenvalue weighted by Crippen LogP contribution is 2.33. The summed E-state index contributed by atoms with van der Waals surface area (Å²) in [5.41, 5.74) is 6.12. The van der Waals surface area contributed by atoms with Crippen molar-refractivity contribution >= 4 is 0 Å². The number of aliphatic hydroxyl groups excluding tert-OH is 1. The maximum atomic E-state index is 9.07. The average Bonchev–Trinajstić information content (AvgIpc) is 2.96. The largest absolute Gasteiger partial charge is 0.396 e. The van der Waals surface area contributed by atoms with Crippen molar-refractivity contribution in [2.45, 2.75) is 151 Å². The molecule has 0 spiro atoms. The maximum absolute atomic E-state index is 9.07. The van der Waals surface area contributed by atoms with Gasteiger partial charge in [-0.3, -0.25) is 4.90 Å². The van der Waals surface area contributed by atoms with Gasteiger partial charge in [0.2, 0.25) is 0 Å². The molecular formula is C39H71NO. The predicted molar refractivity (Wildman–Crippen MR) is 186 cm³/mol. The average molecular weight is 570 g/mol. The van der Waals surface area contributed by atoms with Crippen molar-refractivity contribution in [1.82, 2.24) is 4.90 Å². The Labute approximate surface area is 258 Å². The van der Waals surface area contributed by atoms with Crippen molar-refractivity contribution in [1.29, 1.82) is 0 Å². The summed E-state index contributed by atoms with van der Waals surface area (Å²) in [6, 6.07) is 7.57. The number of hydrogen-bond donors (Lipinski definition) is 1. The van der Waals surface area contributed by atoms with E-state index in [1.807, 2.05) is 13.8 Å². The molecule has 0 saturated carbocycles. The van der Waals surface area contributed by atoms with Gasteiger partial charge in [0.15, 0.2) is 0 Å². The van der Waals surface area contributed by atoms with Crippen LogP contribution in [0.1, 0.15) is 155 Å². The molecule has 2 heteroatoms. The molecule has 1 aromatic rings. The van der Waals surface area contributed by atoms with E-state index >= 15 is 0 Å². The van der Waals surface area contributed by atoms with Gasteiger partial charge in [0.05, 0.1) is 0 Å². The summed E-state index contributed by atoms with van der Waals surface area (Å²) in [6.45, 7) is 27.0. The summed E-state index contributed by atoms with van der Waals surface area (Å²) in [4.78, 5) is 2.69. The molecule has 2 rings (SSSR count). The van der Waals surface area contributed by atoms with Crippen LogP contribution in [-0.4, -0.2) is 29.7 Å². The zero-order valence-corrected chi connectivity index (χ0v) is 28.9. The predicted octanol–water partition coefficient (Wildman–Crippen LogP) is 11.7. The van der Waals surface area contributed by atoms with E-state index in [0.29, 0.717) is 18.6 Å². The summed E-state index contributed by atoms with van der Waals surface area (Å²) in [6.07, 6.45) is 20.6. The van der Waals surface area contributed by atoms with Crippen LogP contribution in [0, 0.1) is 24.7 Å².